The molecule has 0 aliphatic heterocycles. The van der Waals surface area contributed by atoms with Crippen LogP contribution in [0.25, 0.3) is 11.0 Å². The average Bonchev–Trinajstić information content (AvgIpc) is 3.04. The normalized spacial score (nSPS) is 11.1. The number of fused-ring (bicyclic) bond motifs is 1. The monoisotopic (exact) mass is 371 g/mol. The summed E-state index contributed by atoms with van der Waals surface area (Å²) in [6, 6.07) is 11.3. The van der Waals surface area contributed by atoms with Crippen LogP contribution in [0.1, 0.15) is 5.56 Å². The maximum atomic E-state index is 11.8. The number of phenols is 1. The summed E-state index contributed by atoms with van der Waals surface area (Å²) in [6.07, 6.45) is 1.26. The number of H-pyrrole nitrogens is 1. The molecule has 10 heteroatoms. The number of nitrogens with zero attached hydrogens (tertiary/aromatic N) is 3. The fraction of sp³-hybridized carbons (Fsp3) is 0.0625. The number of imidazole rings is 1. The summed E-state index contributed by atoms with van der Waals surface area (Å²) in [7, 11) is 0. The predicted molar refractivity (Wildman–Crippen MR) is 97.3 cm³/mol. The van der Waals surface area contributed by atoms with Crippen molar-refractivity contribution in [1.82, 2.24) is 15.4 Å². The van der Waals surface area contributed by atoms with Gasteiger partial charge in [-0.2, -0.15) is 5.10 Å². The molecule has 1 amide bonds. The molecule has 1 aromatic heterocycles. The Morgan fingerprint density at radius 3 is 2.96 bits per heavy atom. The molecule has 9 nitrogen and oxygen atoms in total. The van der Waals surface area contributed by atoms with Crippen molar-refractivity contribution < 1.29 is 14.8 Å². The highest BCUT2D eigenvalue weighted by Gasteiger charge is 2.12. The van der Waals surface area contributed by atoms with Crippen molar-refractivity contribution in [1.29, 1.82) is 0 Å². The Balaban J connectivity index is 1.54. The number of phenolic OH excluding ortho intramolecular Hbond substituents is 1. The van der Waals surface area contributed by atoms with Crippen molar-refractivity contribution in [3.63, 3.8) is 0 Å². The molecule has 1 heterocycles. The Kier molecular flexibility index (Phi) is 5.13. The van der Waals surface area contributed by atoms with Crippen molar-refractivity contribution >= 4 is 40.6 Å². The number of aromatic amines is 1. The van der Waals surface area contributed by atoms with Crippen LogP contribution in [0.15, 0.2) is 52.7 Å². The highest BCUT2D eigenvalue weighted by molar-refractivity contribution is 7.99. The second kappa shape index (κ2) is 7.66. The SMILES string of the molecule is O=C(CSc1nc2ccccc2[nH]1)N/N=C\c1ccc(O)c([N+](=O)[O-])c1. The molecule has 2 aromatic carbocycles. The Bertz CT molecular complexity index is 968. The van der Waals surface area contributed by atoms with Gasteiger partial charge in [0.2, 0.25) is 0 Å². The van der Waals surface area contributed by atoms with Gasteiger partial charge in [0.25, 0.3) is 5.91 Å². The summed E-state index contributed by atoms with van der Waals surface area (Å²) in [5.41, 5.74) is 3.99. The third kappa shape index (κ3) is 4.16. The smallest absolute Gasteiger partial charge is 0.311 e. The molecular formula is C16H13N5O4S. The van der Waals surface area contributed by atoms with Gasteiger partial charge in [-0.25, -0.2) is 10.4 Å². The maximum absolute atomic E-state index is 11.8. The number of thioether (sulfide) groups is 1. The molecule has 0 unspecified atom stereocenters. The van der Waals surface area contributed by atoms with E-state index in [9.17, 15) is 20.0 Å². The molecular weight excluding hydrogens is 358 g/mol. The van der Waals surface area contributed by atoms with E-state index in [1.165, 1.54) is 30.1 Å². The molecule has 3 rings (SSSR count). The summed E-state index contributed by atoms with van der Waals surface area (Å²) in [5.74, 6) is -0.675. The molecule has 26 heavy (non-hydrogen) atoms. The number of amides is 1. The second-order valence-corrected chi connectivity index (χ2v) is 6.11. The molecule has 3 aromatic rings. The lowest BCUT2D eigenvalue weighted by Crippen LogP contribution is -2.19. The van der Waals surface area contributed by atoms with Crippen molar-refractivity contribution in [2.24, 2.45) is 5.10 Å². The van der Waals surface area contributed by atoms with Crippen LogP contribution in [-0.4, -0.2) is 37.9 Å². The number of nitro benzene ring substituents is 1. The van der Waals surface area contributed by atoms with Crippen LogP contribution >= 0.6 is 11.8 Å². The van der Waals surface area contributed by atoms with Gasteiger partial charge in [0.1, 0.15) is 0 Å². The zero-order valence-corrected chi connectivity index (χ0v) is 14.1. The van der Waals surface area contributed by atoms with Gasteiger partial charge in [0.15, 0.2) is 10.9 Å². The highest BCUT2D eigenvalue weighted by Crippen LogP contribution is 2.25. The molecule has 0 atom stereocenters. The first-order chi connectivity index (χ1) is 12.5. The van der Waals surface area contributed by atoms with Gasteiger partial charge in [0.05, 0.1) is 27.9 Å². The number of para-hydroxylation sites is 2. The first-order valence-corrected chi connectivity index (χ1v) is 8.38. The van der Waals surface area contributed by atoms with Crippen LogP contribution in [0.3, 0.4) is 0 Å². The third-order valence-corrected chi connectivity index (χ3v) is 4.18. The van der Waals surface area contributed by atoms with E-state index in [1.54, 1.807) is 0 Å². The zero-order chi connectivity index (χ0) is 18.5. The molecule has 0 fully saturated rings. The molecule has 0 spiro atoms. The number of benzene rings is 2. The Morgan fingerprint density at radius 2 is 2.19 bits per heavy atom. The second-order valence-electron chi connectivity index (χ2n) is 5.15. The minimum atomic E-state index is -0.699. The van der Waals surface area contributed by atoms with E-state index in [2.05, 4.69) is 20.5 Å². The van der Waals surface area contributed by atoms with Crippen molar-refractivity contribution in [3.05, 3.63) is 58.1 Å². The number of hydrogen-bond donors (Lipinski definition) is 3. The van der Waals surface area contributed by atoms with E-state index in [1.807, 2.05) is 24.3 Å². The zero-order valence-electron chi connectivity index (χ0n) is 13.2. The van der Waals surface area contributed by atoms with Gasteiger partial charge < -0.3 is 10.1 Å². The van der Waals surface area contributed by atoms with E-state index >= 15 is 0 Å². The molecule has 132 valence electrons. The minimum Gasteiger partial charge on any atom is -0.502 e. The first-order valence-electron chi connectivity index (χ1n) is 7.40. The minimum absolute atomic E-state index is 0.104. The third-order valence-electron chi connectivity index (χ3n) is 3.31. The van der Waals surface area contributed by atoms with Gasteiger partial charge in [-0.05, 0) is 24.3 Å². The predicted octanol–water partition coefficient (Wildman–Crippen LogP) is 2.42. The Hall–Kier alpha value is -3.40. The van der Waals surface area contributed by atoms with Crippen molar-refractivity contribution in [2.45, 2.75) is 5.16 Å². The van der Waals surface area contributed by atoms with Gasteiger partial charge in [-0.15, -0.1) is 0 Å². The average molecular weight is 371 g/mol. The number of nitrogens with one attached hydrogen (secondary N) is 2. The van der Waals surface area contributed by atoms with Crippen molar-refractivity contribution in [3.8, 4) is 5.75 Å². The fourth-order valence-corrected chi connectivity index (χ4v) is 2.79. The van der Waals surface area contributed by atoms with Gasteiger partial charge in [-0.3, -0.25) is 14.9 Å². The van der Waals surface area contributed by atoms with Crippen LogP contribution in [0, 0.1) is 10.1 Å². The number of nitro groups is 1. The largest absolute Gasteiger partial charge is 0.502 e. The van der Waals surface area contributed by atoms with E-state index in [4.69, 9.17) is 0 Å². The Labute approximate surface area is 151 Å². The molecule has 3 N–H and O–H groups in total. The highest BCUT2D eigenvalue weighted by atomic mass is 32.2. The summed E-state index contributed by atoms with van der Waals surface area (Å²) in [6.45, 7) is 0. The number of hydrogen-bond acceptors (Lipinski definition) is 7. The van der Waals surface area contributed by atoms with Crippen LogP contribution in [0.5, 0.6) is 5.75 Å². The summed E-state index contributed by atoms with van der Waals surface area (Å²) < 4.78 is 0. The van der Waals surface area contributed by atoms with E-state index < -0.39 is 16.4 Å². The number of carbonyl (C=O) groups excluding carboxylic acids is 1. The fourth-order valence-electron chi connectivity index (χ4n) is 2.11. The van der Waals surface area contributed by atoms with Crippen LogP contribution in [0.2, 0.25) is 0 Å². The molecule has 0 aliphatic carbocycles. The van der Waals surface area contributed by atoms with Gasteiger partial charge >= 0.3 is 5.69 Å². The summed E-state index contributed by atoms with van der Waals surface area (Å²) in [4.78, 5) is 29.3. The van der Waals surface area contributed by atoms with Crippen LogP contribution < -0.4 is 5.43 Å². The summed E-state index contributed by atoms with van der Waals surface area (Å²) >= 11 is 1.23. The quantitative estimate of drug-likeness (QED) is 0.264. The molecule has 0 bridgehead atoms. The summed E-state index contributed by atoms with van der Waals surface area (Å²) in [5, 5.41) is 24.5. The van der Waals surface area contributed by atoms with Crippen LogP contribution in [-0.2, 0) is 4.79 Å². The van der Waals surface area contributed by atoms with Crippen molar-refractivity contribution in [2.75, 3.05) is 5.75 Å². The topological polar surface area (TPSA) is 134 Å². The van der Waals surface area contributed by atoms with Gasteiger partial charge in [0, 0.05) is 11.6 Å². The Morgan fingerprint density at radius 1 is 1.38 bits per heavy atom. The standard InChI is InChI=1S/C16H13N5O4S/c22-14-6-5-10(7-13(14)21(24)25)8-17-20-15(23)9-26-16-18-11-3-1-2-4-12(11)19-16/h1-8,22H,9H2,(H,18,19)(H,20,23)/b17-8-. The maximum Gasteiger partial charge on any atom is 0.311 e. The number of aromatic nitrogens is 2. The lowest BCUT2D eigenvalue weighted by atomic mass is 10.2. The number of carbonyl (C=O) groups is 1. The van der Waals surface area contributed by atoms with E-state index in [-0.39, 0.29) is 11.7 Å². The van der Waals surface area contributed by atoms with E-state index in [0.29, 0.717) is 10.7 Å². The van der Waals surface area contributed by atoms with Gasteiger partial charge in [-0.1, -0.05) is 23.9 Å². The lowest BCUT2D eigenvalue weighted by Gasteiger charge is -1.99. The van der Waals surface area contributed by atoms with E-state index in [0.717, 1.165) is 17.1 Å². The number of hydrazone groups is 1. The molecule has 0 saturated heterocycles. The molecule has 0 aliphatic rings. The number of aromatic hydroxyl groups is 1. The first kappa shape index (κ1) is 17.4. The molecule has 0 saturated carbocycles. The lowest BCUT2D eigenvalue weighted by molar-refractivity contribution is -0.385. The van der Waals surface area contributed by atoms with Crippen LogP contribution in [0.4, 0.5) is 5.69 Å². The number of rotatable bonds is 6. The molecule has 0 radical (unpaired) electrons.